The van der Waals surface area contributed by atoms with Crippen molar-refractivity contribution in [2.75, 3.05) is 0 Å². The van der Waals surface area contributed by atoms with E-state index in [4.69, 9.17) is 10.8 Å². The normalized spacial score (nSPS) is 11.8. The van der Waals surface area contributed by atoms with Crippen LogP contribution in [-0.4, -0.2) is 28.9 Å². The van der Waals surface area contributed by atoms with Crippen LogP contribution in [0.3, 0.4) is 0 Å². The van der Waals surface area contributed by atoms with Crippen LogP contribution in [0.25, 0.3) is 0 Å². The van der Waals surface area contributed by atoms with E-state index in [0.29, 0.717) is 5.56 Å². The number of nitrogens with one attached hydrogen (secondary N) is 1. The summed E-state index contributed by atoms with van der Waals surface area (Å²) in [5.74, 6) is -2.59. The summed E-state index contributed by atoms with van der Waals surface area (Å²) in [4.78, 5) is 34.0. The van der Waals surface area contributed by atoms with Crippen LogP contribution in [0.15, 0.2) is 12.1 Å². The number of rotatable bonds is 5. The summed E-state index contributed by atoms with van der Waals surface area (Å²) in [5.41, 5.74) is 7.92. The Balaban J connectivity index is 3.01. The first-order valence-electron chi connectivity index (χ1n) is 6.12. The molecule has 0 radical (unpaired) electrons. The van der Waals surface area contributed by atoms with E-state index < -0.39 is 30.2 Å². The van der Waals surface area contributed by atoms with Crippen molar-refractivity contribution < 1.29 is 19.5 Å². The van der Waals surface area contributed by atoms with E-state index in [1.54, 1.807) is 13.8 Å². The molecule has 0 bridgehead atoms. The van der Waals surface area contributed by atoms with Gasteiger partial charge in [-0.05, 0) is 31.9 Å². The lowest BCUT2D eigenvalue weighted by atomic mass is 9.99. The number of aliphatic carboxylic acids is 1. The van der Waals surface area contributed by atoms with Gasteiger partial charge >= 0.3 is 5.97 Å². The van der Waals surface area contributed by atoms with Gasteiger partial charge in [-0.3, -0.25) is 9.59 Å². The Morgan fingerprint density at radius 1 is 1.20 bits per heavy atom. The molecule has 2 amide bonds. The molecule has 0 aliphatic heterocycles. The Morgan fingerprint density at radius 2 is 1.70 bits per heavy atom. The first-order valence-corrected chi connectivity index (χ1v) is 6.12. The third-order valence-corrected chi connectivity index (χ3v) is 2.91. The summed E-state index contributed by atoms with van der Waals surface area (Å²) >= 11 is 0. The van der Waals surface area contributed by atoms with E-state index in [-0.39, 0.29) is 0 Å². The fourth-order valence-corrected chi connectivity index (χ4v) is 2.17. The zero-order valence-corrected chi connectivity index (χ0v) is 11.7. The van der Waals surface area contributed by atoms with Gasteiger partial charge in [0.25, 0.3) is 5.91 Å². The van der Waals surface area contributed by atoms with Crippen molar-refractivity contribution in [2.24, 2.45) is 5.73 Å². The number of carboxylic acid groups (broad SMARTS) is 1. The van der Waals surface area contributed by atoms with Crippen molar-refractivity contribution in [1.29, 1.82) is 0 Å². The van der Waals surface area contributed by atoms with Crippen molar-refractivity contribution >= 4 is 17.8 Å². The summed E-state index contributed by atoms with van der Waals surface area (Å²) in [7, 11) is 0. The largest absolute Gasteiger partial charge is 0.480 e. The molecule has 1 rings (SSSR count). The van der Waals surface area contributed by atoms with Gasteiger partial charge in [-0.15, -0.1) is 0 Å². The highest BCUT2D eigenvalue weighted by atomic mass is 16.4. The van der Waals surface area contributed by atoms with Gasteiger partial charge in [-0.25, -0.2) is 4.79 Å². The SMILES string of the molecule is Cc1cc(C)c(C(=O)N[C@H](CC(N)=O)C(=O)O)c(C)c1. The van der Waals surface area contributed by atoms with Gasteiger partial charge in [0.1, 0.15) is 6.04 Å². The van der Waals surface area contributed by atoms with Crippen molar-refractivity contribution in [1.82, 2.24) is 5.32 Å². The molecule has 0 unspecified atom stereocenters. The maximum Gasteiger partial charge on any atom is 0.326 e. The lowest BCUT2D eigenvalue weighted by Crippen LogP contribution is -2.43. The first kappa shape index (κ1) is 15.7. The molecule has 0 saturated carbocycles. The predicted octanol–water partition coefficient (Wildman–Crippen LogP) is 0.670. The molecular weight excluding hydrogens is 260 g/mol. The molecular formula is C14H18N2O4. The molecule has 0 saturated heterocycles. The van der Waals surface area contributed by atoms with E-state index in [9.17, 15) is 14.4 Å². The summed E-state index contributed by atoms with van der Waals surface area (Å²) in [6, 6.07) is 2.36. The summed E-state index contributed by atoms with van der Waals surface area (Å²) in [5, 5.41) is 11.3. The van der Waals surface area contributed by atoms with Gasteiger partial charge in [0, 0.05) is 5.56 Å². The summed E-state index contributed by atoms with van der Waals surface area (Å²) < 4.78 is 0. The van der Waals surface area contributed by atoms with Crippen LogP contribution >= 0.6 is 0 Å². The zero-order valence-electron chi connectivity index (χ0n) is 11.7. The molecule has 0 heterocycles. The molecule has 1 aromatic carbocycles. The van der Waals surface area contributed by atoms with Gasteiger partial charge in [0.15, 0.2) is 0 Å². The minimum absolute atomic E-state index is 0.423. The summed E-state index contributed by atoms with van der Waals surface area (Å²) in [6.45, 7) is 5.46. The highest BCUT2D eigenvalue weighted by Gasteiger charge is 2.24. The van der Waals surface area contributed by atoms with Crippen LogP contribution in [0.1, 0.15) is 33.5 Å². The maximum atomic E-state index is 12.2. The molecule has 108 valence electrons. The minimum Gasteiger partial charge on any atom is -0.480 e. The molecule has 0 aliphatic carbocycles. The lowest BCUT2D eigenvalue weighted by Gasteiger charge is -2.16. The molecule has 4 N–H and O–H groups in total. The zero-order chi connectivity index (χ0) is 15.4. The standard InChI is InChI=1S/C14H18N2O4/c1-7-4-8(2)12(9(3)5-7)13(18)16-10(14(19)20)6-11(15)17/h4-5,10H,6H2,1-3H3,(H2,15,17)(H,16,18)(H,19,20)/t10-/m1/s1. The number of primary amides is 1. The monoisotopic (exact) mass is 278 g/mol. The average molecular weight is 278 g/mol. The second kappa shape index (κ2) is 6.18. The highest BCUT2D eigenvalue weighted by molar-refractivity contribution is 5.99. The Bertz CT molecular complexity index is 543. The fourth-order valence-electron chi connectivity index (χ4n) is 2.17. The second-order valence-electron chi connectivity index (χ2n) is 4.81. The molecule has 1 atom stereocenters. The third kappa shape index (κ3) is 3.81. The molecule has 0 fully saturated rings. The van der Waals surface area contributed by atoms with Crippen molar-refractivity contribution in [2.45, 2.75) is 33.2 Å². The van der Waals surface area contributed by atoms with Crippen molar-refractivity contribution in [3.8, 4) is 0 Å². The highest BCUT2D eigenvalue weighted by Crippen LogP contribution is 2.16. The van der Waals surface area contributed by atoms with E-state index in [0.717, 1.165) is 16.7 Å². The molecule has 6 heteroatoms. The number of hydrogen-bond acceptors (Lipinski definition) is 3. The van der Waals surface area contributed by atoms with Crippen molar-refractivity contribution in [3.63, 3.8) is 0 Å². The maximum absolute atomic E-state index is 12.2. The van der Waals surface area contributed by atoms with Gasteiger partial charge < -0.3 is 16.2 Å². The first-order chi connectivity index (χ1) is 9.22. The van der Waals surface area contributed by atoms with E-state index in [1.165, 1.54) is 0 Å². The number of carboxylic acids is 1. The van der Waals surface area contributed by atoms with Crippen LogP contribution in [-0.2, 0) is 9.59 Å². The van der Waals surface area contributed by atoms with E-state index >= 15 is 0 Å². The van der Waals surface area contributed by atoms with E-state index in [1.807, 2.05) is 19.1 Å². The Hall–Kier alpha value is -2.37. The van der Waals surface area contributed by atoms with Gasteiger partial charge in [-0.2, -0.15) is 0 Å². The van der Waals surface area contributed by atoms with Crippen LogP contribution in [0.5, 0.6) is 0 Å². The topological polar surface area (TPSA) is 109 Å². The predicted molar refractivity (Wildman–Crippen MR) is 73.4 cm³/mol. The number of benzene rings is 1. The summed E-state index contributed by atoms with van der Waals surface area (Å²) in [6.07, 6.45) is -0.439. The molecule has 0 aliphatic rings. The molecule has 20 heavy (non-hydrogen) atoms. The van der Waals surface area contributed by atoms with Crippen LogP contribution in [0.4, 0.5) is 0 Å². The molecule has 0 spiro atoms. The number of nitrogens with two attached hydrogens (primary N) is 1. The fraction of sp³-hybridized carbons (Fsp3) is 0.357. The number of hydrogen-bond donors (Lipinski definition) is 3. The van der Waals surface area contributed by atoms with Crippen LogP contribution < -0.4 is 11.1 Å². The number of carbonyl (C=O) groups excluding carboxylic acids is 2. The van der Waals surface area contributed by atoms with Crippen LogP contribution in [0, 0.1) is 20.8 Å². The molecule has 6 nitrogen and oxygen atoms in total. The quantitative estimate of drug-likeness (QED) is 0.735. The lowest BCUT2D eigenvalue weighted by molar-refractivity contribution is -0.140. The Kier molecular flexibility index (Phi) is 4.85. The van der Waals surface area contributed by atoms with Gasteiger partial charge in [-0.1, -0.05) is 17.7 Å². The van der Waals surface area contributed by atoms with Gasteiger partial charge in [0.2, 0.25) is 5.91 Å². The van der Waals surface area contributed by atoms with E-state index in [2.05, 4.69) is 5.32 Å². The third-order valence-electron chi connectivity index (χ3n) is 2.91. The Morgan fingerprint density at radius 3 is 2.10 bits per heavy atom. The van der Waals surface area contributed by atoms with Crippen LogP contribution in [0.2, 0.25) is 0 Å². The van der Waals surface area contributed by atoms with Crippen molar-refractivity contribution in [3.05, 3.63) is 34.4 Å². The minimum atomic E-state index is -1.32. The van der Waals surface area contributed by atoms with Gasteiger partial charge in [0.05, 0.1) is 6.42 Å². The smallest absolute Gasteiger partial charge is 0.326 e. The number of amides is 2. The average Bonchev–Trinajstić information content (AvgIpc) is 2.25. The second-order valence-corrected chi connectivity index (χ2v) is 4.81. The Labute approximate surface area is 117 Å². The molecule has 0 aromatic heterocycles. The number of carbonyl (C=O) groups is 3. The number of aryl methyl sites for hydroxylation is 3. The molecule has 1 aromatic rings.